The van der Waals surface area contributed by atoms with Gasteiger partial charge in [-0.15, -0.1) is 0 Å². The minimum Gasteiger partial charge on any atom is -0.345 e. The van der Waals surface area contributed by atoms with Gasteiger partial charge < -0.3 is 5.32 Å². The summed E-state index contributed by atoms with van der Waals surface area (Å²) in [6, 6.07) is 14.2. The van der Waals surface area contributed by atoms with Crippen molar-refractivity contribution in [2.45, 2.75) is 44.6 Å². The highest BCUT2D eigenvalue weighted by molar-refractivity contribution is 7.89. The molecule has 2 rings (SSSR count). The maximum atomic E-state index is 12.7. The molecule has 0 unspecified atom stereocenters. The van der Waals surface area contributed by atoms with Crippen LogP contribution in [0.5, 0.6) is 0 Å². The Morgan fingerprint density at radius 3 is 1.79 bits per heavy atom. The first kappa shape index (κ1) is 22.1. The lowest BCUT2D eigenvalue weighted by Crippen LogP contribution is -2.31. The number of amides is 1. The molecule has 0 saturated carbocycles. The van der Waals surface area contributed by atoms with E-state index in [2.05, 4.69) is 57.3 Å². The minimum atomic E-state index is -3.51. The zero-order valence-corrected chi connectivity index (χ0v) is 18.2. The van der Waals surface area contributed by atoms with Crippen LogP contribution in [0.1, 0.15) is 61.1 Å². The van der Waals surface area contributed by atoms with Gasteiger partial charge in [0.1, 0.15) is 0 Å². The van der Waals surface area contributed by atoms with E-state index in [4.69, 9.17) is 0 Å². The van der Waals surface area contributed by atoms with E-state index >= 15 is 0 Å². The van der Waals surface area contributed by atoms with Gasteiger partial charge in [-0.25, -0.2) is 12.7 Å². The Bertz CT molecular complexity index is 900. The molecule has 0 bridgehead atoms. The van der Waals surface area contributed by atoms with Crippen molar-refractivity contribution in [3.63, 3.8) is 0 Å². The molecule has 0 saturated heterocycles. The fourth-order valence-corrected chi connectivity index (χ4v) is 3.84. The molecule has 152 valence electrons. The molecule has 28 heavy (non-hydrogen) atoms. The molecule has 0 aliphatic carbocycles. The molecule has 0 aliphatic heterocycles. The lowest BCUT2D eigenvalue weighted by atomic mass is 9.93. The van der Waals surface area contributed by atoms with Crippen LogP contribution in [0.15, 0.2) is 53.4 Å². The van der Waals surface area contributed by atoms with Crippen molar-refractivity contribution >= 4 is 15.9 Å². The van der Waals surface area contributed by atoms with Crippen LogP contribution in [0.25, 0.3) is 0 Å². The number of benzene rings is 2. The van der Waals surface area contributed by atoms with E-state index in [1.165, 1.54) is 31.8 Å². The molecule has 0 aliphatic rings. The van der Waals surface area contributed by atoms with Gasteiger partial charge in [-0.2, -0.15) is 0 Å². The summed E-state index contributed by atoms with van der Waals surface area (Å²) < 4.78 is 25.5. The van der Waals surface area contributed by atoms with Crippen LogP contribution in [0.2, 0.25) is 0 Å². The van der Waals surface area contributed by atoms with Crippen molar-refractivity contribution in [2.75, 3.05) is 14.1 Å². The van der Waals surface area contributed by atoms with Crippen LogP contribution in [0, 0.1) is 5.92 Å². The smallest absolute Gasteiger partial charge is 0.251 e. The van der Waals surface area contributed by atoms with Crippen LogP contribution in [0.3, 0.4) is 0 Å². The van der Waals surface area contributed by atoms with E-state index in [0.717, 1.165) is 9.87 Å². The van der Waals surface area contributed by atoms with Crippen molar-refractivity contribution in [3.8, 4) is 0 Å². The first-order chi connectivity index (χ1) is 13.0. The normalized spacial score (nSPS) is 13.2. The third-order valence-electron chi connectivity index (χ3n) is 4.81. The number of nitrogens with zero attached hydrogens (tertiary/aromatic N) is 1. The molecule has 6 heteroatoms. The van der Waals surface area contributed by atoms with Gasteiger partial charge in [-0.3, -0.25) is 4.79 Å². The van der Waals surface area contributed by atoms with Gasteiger partial charge in [0.05, 0.1) is 10.9 Å². The molecule has 0 aromatic heterocycles. The fraction of sp³-hybridized carbons (Fsp3) is 0.409. The number of hydrogen-bond donors (Lipinski definition) is 1. The van der Waals surface area contributed by atoms with Gasteiger partial charge in [-0.1, -0.05) is 52.0 Å². The SMILES string of the molecule is CC(C)c1ccc([C@@H](NC(=O)c2ccc(S(=O)(=O)N(C)C)cc2)C(C)C)cc1. The summed E-state index contributed by atoms with van der Waals surface area (Å²) in [5.74, 6) is 0.445. The number of carbonyl (C=O) groups excluding carboxylic acids is 1. The highest BCUT2D eigenvalue weighted by atomic mass is 32.2. The Kier molecular flexibility index (Phi) is 7.01. The van der Waals surface area contributed by atoms with Crippen LogP contribution in [-0.2, 0) is 10.0 Å². The van der Waals surface area contributed by atoms with Gasteiger partial charge in [0.25, 0.3) is 5.91 Å². The van der Waals surface area contributed by atoms with Crippen LogP contribution < -0.4 is 5.32 Å². The molecular weight excluding hydrogens is 372 g/mol. The molecule has 0 radical (unpaired) electrons. The molecular formula is C22H30N2O3S. The Hall–Kier alpha value is -2.18. The summed E-state index contributed by atoms with van der Waals surface area (Å²) in [4.78, 5) is 12.9. The summed E-state index contributed by atoms with van der Waals surface area (Å²) in [6.45, 7) is 8.43. The summed E-state index contributed by atoms with van der Waals surface area (Å²) in [6.07, 6.45) is 0. The lowest BCUT2D eigenvalue weighted by molar-refractivity contribution is 0.0925. The van der Waals surface area contributed by atoms with E-state index in [-0.39, 0.29) is 22.8 Å². The molecule has 1 atom stereocenters. The monoisotopic (exact) mass is 402 g/mol. The van der Waals surface area contributed by atoms with E-state index in [1.807, 2.05) is 0 Å². The average Bonchev–Trinajstić information content (AvgIpc) is 2.65. The highest BCUT2D eigenvalue weighted by Gasteiger charge is 2.21. The average molecular weight is 403 g/mol. The summed E-state index contributed by atoms with van der Waals surface area (Å²) in [7, 11) is -0.549. The maximum absolute atomic E-state index is 12.7. The second kappa shape index (κ2) is 8.88. The molecule has 0 fully saturated rings. The van der Waals surface area contributed by atoms with Crippen LogP contribution in [0.4, 0.5) is 0 Å². The van der Waals surface area contributed by atoms with E-state index in [1.54, 1.807) is 12.1 Å². The Morgan fingerprint density at radius 1 is 0.857 bits per heavy atom. The summed E-state index contributed by atoms with van der Waals surface area (Å²) in [5.41, 5.74) is 2.75. The number of hydrogen-bond acceptors (Lipinski definition) is 3. The van der Waals surface area contributed by atoms with E-state index < -0.39 is 10.0 Å². The number of carbonyl (C=O) groups is 1. The second-order valence-corrected chi connectivity index (χ2v) is 9.98. The van der Waals surface area contributed by atoms with Crippen molar-refractivity contribution in [3.05, 3.63) is 65.2 Å². The molecule has 0 spiro atoms. The van der Waals surface area contributed by atoms with Crippen LogP contribution in [-0.4, -0.2) is 32.7 Å². The minimum absolute atomic E-state index is 0.126. The Labute approximate surface area is 168 Å². The number of nitrogens with one attached hydrogen (secondary N) is 1. The number of sulfonamides is 1. The summed E-state index contributed by atoms with van der Waals surface area (Å²) in [5, 5.41) is 3.08. The standard InChI is InChI=1S/C22H30N2O3S/c1-15(2)17-7-9-18(10-8-17)21(16(3)4)23-22(25)19-11-13-20(14-12-19)28(26,27)24(5)6/h7-16,21H,1-6H3,(H,23,25)/t21-/m0/s1. The topological polar surface area (TPSA) is 66.5 Å². The molecule has 1 N–H and O–H groups in total. The quantitative estimate of drug-likeness (QED) is 0.755. The summed E-state index contributed by atoms with van der Waals surface area (Å²) >= 11 is 0. The zero-order chi connectivity index (χ0) is 21.1. The Balaban J connectivity index is 2.20. The maximum Gasteiger partial charge on any atom is 0.251 e. The number of rotatable bonds is 7. The fourth-order valence-electron chi connectivity index (χ4n) is 2.94. The lowest BCUT2D eigenvalue weighted by Gasteiger charge is -2.23. The second-order valence-electron chi connectivity index (χ2n) is 7.83. The van der Waals surface area contributed by atoms with Gasteiger partial charge in [0, 0.05) is 19.7 Å². The van der Waals surface area contributed by atoms with E-state index in [9.17, 15) is 13.2 Å². The highest BCUT2D eigenvalue weighted by Crippen LogP contribution is 2.25. The third-order valence-corrected chi connectivity index (χ3v) is 6.64. The molecule has 1 amide bonds. The van der Waals surface area contributed by atoms with Crippen molar-refractivity contribution in [2.24, 2.45) is 5.92 Å². The molecule has 2 aromatic carbocycles. The van der Waals surface area contributed by atoms with Gasteiger partial charge in [-0.05, 0) is 47.2 Å². The van der Waals surface area contributed by atoms with Crippen molar-refractivity contribution in [1.82, 2.24) is 9.62 Å². The van der Waals surface area contributed by atoms with Gasteiger partial charge in [0.2, 0.25) is 10.0 Å². The van der Waals surface area contributed by atoms with Gasteiger partial charge in [0.15, 0.2) is 0 Å². The third kappa shape index (κ3) is 5.00. The first-order valence-electron chi connectivity index (χ1n) is 9.47. The molecule has 5 nitrogen and oxygen atoms in total. The Morgan fingerprint density at radius 2 is 1.36 bits per heavy atom. The van der Waals surface area contributed by atoms with E-state index in [0.29, 0.717) is 11.5 Å². The zero-order valence-electron chi connectivity index (χ0n) is 17.4. The first-order valence-corrected chi connectivity index (χ1v) is 10.9. The molecule has 0 heterocycles. The predicted molar refractivity (Wildman–Crippen MR) is 113 cm³/mol. The van der Waals surface area contributed by atoms with Gasteiger partial charge >= 0.3 is 0 Å². The van der Waals surface area contributed by atoms with Crippen molar-refractivity contribution in [1.29, 1.82) is 0 Å². The van der Waals surface area contributed by atoms with Crippen LogP contribution >= 0.6 is 0 Å². The van der Waals surface area contributed by atoms with Crippen molar-refractivity contribution < 1.29 is 13.2 Å². The largest absolute Gasteiger partial charge is 0.345 e. The predicted octanol–water partition coefficient (Wildman–Crippen LogP) is 4.19. The molecule has 2 aromatic rings.